The number of ketones is 1. The maximum Gasteiger partial charge on any atom is 0.287 e. The number of nitrogens with one attached hydrogen (secondary N) is 3. The van der Waals surface area contributed by atoms with Crippen LogP contribution in [0.2, 0.25) is 0 Å². The lowest BCUT2D eigenvalue weighted by atomic mass is 9.84. The third kappa shape index (κ3) is 7.26. The maximum atomic E-state index is 14.7. The van der Waals surface area contributed by atoms with Gasteiger partial charge in [-0.3, -0.25) is 29.1 Å². The minimum Gasteiger partial charge on any atom is -0.384 e. The smallest absolute Gasteiger partial charge is 0.287 e. The number of H-pyrrole nitrogens is 1. The molecule has 3 aliphatic rings. The van der Waals surface area contributed by atoms with Crippen LogP contribution in [-0.2, 0) is 29.5 Å². The Hall–Kier alpha value is -4.70. The molecule has 50 heavy (non-hydrogen) atoms. The Labute approximate surface area is 288 Å². The van der Waals surface area contributed by atoms with Crippen molar-refractivity contribution in [3.05, 3.63) is 41.9 Å². The molecule has 3 atom stereocenters. The van der Waals surface area contributed by atoms with Crippen molar-refractivity contribution in [2.75, 3.05) is 19.8 Å². The molecule has 1 saturated carbocycles. The number of fused-ring (bicyclic) bond motifs is 1. The van der Waals surface area contributed by atoms with Crippen molar-refractivity contribution in [2.24, 2.45) is 11.7 Å². The molecule has 1 aliphatic carbocycles. The molecule has 16 nitrogen and oxygen atoms in total. The van der Waals surface area contributed by atoms with Crippen LogP contribution in [0.4, 0.5) is 0 Å². The van der Waals surface area contributed by atoms with Crippen molar-refractivity contribution in [1.82, 2.24) is 40.7 Å². The zero-order valence-electron chi connectivity index (χ0n) is 28.4. The number of rotatable bonds is 11. The summed E-state index contributed by atoms with van der Waals surface area (Å²) < 4.78 is 6.93. The summed E-state index contributed by atoms with van der Waals surface area (Å²) in [6, 6.07) is 2.46. The molecule has 16 heteroatoms. The number of primary amides is 1. The molecule has 3 fully saturated rings. The van der Waals surface area contributed by atoms with Gasteiger partial charge in [0, 0.05) is 50.0 Å². The number of Topliss-reactive ketones (excluding diaryl/α,β-unsaturated/α-hetero) is 1. The van der Waals surface area contributed by atoms with Gasteiger partial charge in [-0.25, -0.2) is 4.68 Å². The molecule has 2 aromatic heterocycles. The molecular formula is C34H45N9O7. The van der Waals surface area contributed by atoms with Gasteiger partial charge < -0.3 is 31.1 Å². The summed E-state index contributed by atoms with van der Waals surface area (Å²) in [5.41, 5.74) is 3.92. The van der Waals surface area contributed by atoms with Gasteiger partial charge >= 0.3 is 0 Å². The number of likely N-dealkylation sites (tertiary alicyclic amines) is 1. The van der Waals surface area contributed by atoms with Gasteiger partial charge in [0.1, 0.15) is 23.2 Å². The van der Waals surface area contributed by atoms with Crippen LogP contribution >= 0.6 is 0 Å². The summed E-state index contributed by atoms with van der Waals surface area (Å²) >= 11 is 0. The summed E-state index contributed by atoms with van der Waals surface area (Å²) in [4.78, 5) is 69.4. The third-order valence-corrected chi connectivity index (χ3v) is 10.4. The number of carbonyl (C=O) groups excluding carboxylic acids is 5. The summed E-state index contributed by atoms with van der Waals surface area (Å²) in [5, 5.41) is 32.6. The lowest BCUT2D eigenvalue weighted by Gasteiger charge is -2.37. The molecule has 6 rings (SSSR count). The second-order valence-corrected chi connectivity index (χ2v) is 14.3. The topological polar surface area (TPSA) is 228 Å². The first-order chi connectivity index (χ1) is 23.9. The molecular weight excluding hydrogens is 646 g/mol. The highest BCUT2D eigenvalue weighted by Gasteiger charge is 2.49. The second-order valence-electron chi connectivity index (χ2n) is 14.3. The molecule has 268 valence electrons. The van der Waals surface area contributed by atoms with E-state index in [-0.39, 0.29) is 44.9 Å². The van der Waals surface area contributed by atoms with Gasteiger partial charge in [0.2, 0.25) is 17.6 Å². The van der Waals surface area contributed by atoms with E-state index < -0.39 is 58.7 Å². The normalized spacial score (nSPS) is 21.9. The Bertz CT molecular complexity index is 1750. The van der Waals surface area contributed by atoms with Crippen molar-refractivity contribution in [3.8, 4) is 0 Å². The second kappa shape index (κ2) is 14.3. The largest absolute Gasteiger partial charge is 0.384 e. The molecule has 2 aliphatic heterocycles. The van der Waals surface area contributed by atoms with Crippen molar-refractivity contribution in [2.45, 2.75) is 101 Å². The van der Waals surface area contributed by atoms with Crippen LogP contribution < -0.4 is 16.4 Å². The van der Waals surface area contributed by atoms with Gasteiger partial charge in [-0.1, -0.05) is 43.4 Å². The van der Waals surface area contributed by atoms with Crippen molar-refractivity contribution < 1.29 is 33.8 Å². The highest BCUT2D eigenvalue weighted by molar-refractivity contribution is 6.39. The van der Waals surface area contributed by atoms with Crippen LogP contribution in [0, 0.1) is 5.92 Å². The number of aliphatic hydroxyl groups is 1. The van der Waals surface area contributed by atoms with Crippen LogP contribution in [0.15, 0.2) is 30.6 Å². The Morgan fingerprint density at radius 3 is 2.56 bits per heavy atom. The third-order valence-electron chi connectivity index (χ3n) is 10.4. The first-order valence-corrected chi connectivity index (χ1v) is 17.3. The zero-order chi connectivity index (χ0) is 35.6. The zero-order valence-corrected chi connectivity index (χ0v) is 28.4. The van der Waals surface area contributed by atoms with Crippen LogP contribution in [-0.4, -0.2) is 102 Å². The van der Waals surface area contributed by atoms with E-state index in [1.165, 1.54) is 15.8 Å². The number of hydrogen-bond donors (Lipinski definition) is 5. The predicted molar refractivity (Wildman–Crippen MR) is 178 cm³/mol. The molecule has 1 aromatic carbocycles. The average Bonchev–Trinajstić information content (AvgIpc) is 3.87. The number of aromatic amines is 1. The molecule has 0 spiro atoms. The number of nitrogens with two attached hydrogens (primary N) is 1. The van der Waals surface area contributed by atoms with Crippen LogP contribution in [0.25, 0.3) is 10.9 Å². The first-order valence-electron chi connectivity index (χ1n) is 17.3. The van der Waals surface area contributed by atoms with E-state index in [1.807, 2.05) is 0 Å². The molecule has 0 radical (unpaired) electrons. The number of hydrogen-bond acceptors (Lipinski definition) is 10. The van der Waals surface area contributed by atoms with E-state index in [0.29, 0.717) is 23.2 Å². The number of benzene rings is 1. The quantitative estimate of drug-likeness (QED) is 0.179. The molecule has 1 unspecified atom stereocenters. The van der Waals surface area contributed by atoms with Gasteiger partial charge in [-0.05, 0) is 38.3 Å². The van der Waals surface area contributed by atoms with E-state index in [9.17, 15) is 29.1 Å². The molecule has 2 saturated heterocycles. The van der Waals surface area contributed by atoms with E-state index in [2.05, 4.69) is 31.1 Å². The fourth-order valence-corrected chi connectivity index (χ4v) is 7.62. The van der Waals surface area contributed by atoms with Crippen molar-refractivity contribution in [3.63, 3.8) is 0 Å². The number of aromatic nitrogens is 5. The number of carbonyl (C=O) groups is 5. The summed E-state index contributed by atoms with van der Waals surface area (Å²) in [5.74, 6) is -3.46. The van der Waals surface area contributed by atoms with E-state index in [4.69, 9.17) is 10.5 Å². The van der Waals surface area contributed by atoms with Gasteiger partial charge in [0.25, 0.3) is 11.8 Å². The van der Waals surface area contributed by atoms with E-state index in [0.717, 1.165) is 37.5 Å². The van der Waals surface area contributed by atoms with E-state index in [1.54, 1.807) is 38.2 Å². The summed E-state index contributed by atoms with van der Waals surface area (Å²) in [7, 11) is 0. The van der Waals surface area contributed by atoms with Gasteiger partial charge in [-0.2, -0.15) is 5.10 Å². The molecule has 0 bridgehead atoms. The fourth-order valence-electron chi connectivity index (χ4n) is 7.62. The Morgan fingerprint density at radius 2 is 1.86 bits per heavy atom. The molecule has 6 N–H and O–H groups in total. The average molecular weight is 692 g/mol. The SMILES string of the molecule is CC(C)(O)c1cnnn1[C@H]1C[C@@H](C(=O)NC2(C(=O)C(N)=O)CCOCC2)N(C(=O)C(CC2CCCCC2)NC(=O)c2ccc3cn[nH]c3c2)C1. The molecule has 4 heterocycles. The highest BCUT2D eigenvalue weighted by Crippen LogP contribution is 2.34. The molecule has 4 amide bonds. The van der Waals surface area contributed by atoms with Gasteiger partial charge in [-0.15, -0.1) is 5.10 Å². The Morgan fingerprint density at radius 1 is 1.12 bits per heavy atom. The number of ether oxygens (including phenoxy) is 1. The van der Waals surface area contributed by atoms with Crippen LogP contribution in [0.5, 0.6) is 0 Å². The van der Waals surface area contributed by atoms with Crippen LogP contribution in [0.1, 0.15) is 93.7 Å². The summed E-state index contributed by atoms with van der Waals surface area (Å²) in [6.07, 6.45) is 8.62. The lowest BCUT2D eigenvalue weighted by Crippen LogP contribution is -2.64. The standard InChI is InChI=1S/C34H45N9O7/c1-33(2,49)27-18-37-41-43(27)23-16-26(31(47)39-34(28(44)29(35)45)10-12-50-13-11-34)42(19-23)32(48)25(14-20-6-4-3-5-7-20)38-30(46)21-8-9-22-17-36-40-24(22)15-21/h8-9,15,17-18,20,23,25-26,49H,3-7,10-14,16,19H2,1-2H3,(H2,35,45)(H,36,40)(H,38,46)(H,39,47)/t23-,25?,26-/m0/s1. The first kappa shape index (κ1) is 35.1. The van der Waals surface area contributed by atoms with Crippen molar-refractivity contribution >= 4 is 40.3 Å². The Balaban J connectivity index is 1.33. The summed E-state index contributed by atoms with van der Waals surface area (Å²) in [6.45, 7) is 3.45. The van der Waals surface area contributed by atoms with Crippen LogP contribution in [0.3, 0.4) is 0 Å². The number of nitrogens with zero attached hydrogens (tertiary/aromatic N) is 5. The minimum atomic E-state index is -1.58. The number of amides is 4. The highest BCUT2D eigenvalue weighted by atomic mass is 16.5. The van der Waals surface area contributed by atoms with Crippen molar-refractivity contribution in [1.29, 1.82) is 0 Å². The fraction of sp³-hybridized carbons (Fsp3) is 0.588. The van der Waals surface area contributed by atoms with Gasteiger partial charge in [0.15, 0.2) is 0 Å². The van der Waals surface area contributed by atoms with E-state index >= 15 is 0 Å². The minimum absolute atomic E-state index is 0.0143. The maximum absolute atomic E-state index is 14.7. The predicted octanol–water partition coefficient (Wildman–Crippen LogP) is 1.01. The molecule has 3 aromatic rings. The lowest BCUT2D eigenvalue weighted by molar-refractivity contribution is -0.147. The monoisotopic (exact) mass is 691 g/mol. The van der Waals surface area contributed by atoms with Gasteiger partial charge in [0.05, 0.1) is 29.6 Å². The Kier molecular flexibility index (Phi) is 10.0.